The molecule has 2 rings (SSSR count). The van der Waals surface area contributed by atoms with Gasteiger partial charge >= 0.3 is 0 Å². The first-order valence-electron chi connectivity index (χ1n) is 5.65. The second kappa shape index (κ2) is 4.90. The van der Waals surface area contributed by atoms with Gasteiger partial charge in [-0.1, -0.05) is 0 Å². The predicted octanol–water partition coefficient (Wildman–Crippen LogP) is 3.63. The molecule has 3 nitrogen and oxygen atoms in total. The van der Waals surface area contributed by atoms with Gasteiger partial charge in [0.25, 0.3) is 0 Å². The third kappa shape index (κ3) is 2.16. The molecule has 0 radical (unpaired) electrons. The van der Waals surface area contributed by atoms with Crippen LogP contribution in [0.4, 0.5) is 5.00 Å². The van der Waals surface area contributed by atoms with Crippen LogP contribution in [0.25, 0.3) is 11.1 Å². The minimum atomic E-state index is 0.738. The molecule has 0 saturated carbocycles. The molecule has 18 heavy (non-hydrogen) atoms. The lowest BCUT2D eigenvalue weighted by atomic mass is 10.0. The van der Waals surface area contributed by atoms with E-state index in [0.29, 0.717) is 0 Å². The minimum absolute atomic E-state index is 0.738. The van der Waals surface area contributed by atoms with E-state index in [1.807, 2.05) is 18.2 Å². The number of methoxy groups -OCH3 is 2. The van der Waals surface area contributed by atoms with Gasteiger partial charge < -0.3 is 15.2 Å². The molecule has 0 fully saturated rings. The van der Waals surface area contributed by atoms with Crippen molar-refractivity contribution in [1.82, 2.24) is 0 Å². The van der Waals surface area contributed by atoms with E-state index in [9.17, 15) is 0 Å². The average molecular weight is 263 g/mol. The zero-order valence-corrected chi connectivity index (χ0v) is 11.9. The molecule has 0 amide bonds. The summed E-state index contributed by atoms with van der Waals surface area (Å²) >= 11 is 1.60. The maximum atomic E-state index is 5.86. The van der Waals surface area contributed by atoms with E-state index in [0.717, 1.165) is 33.2 Å². The quantitative estimate of drug-likeness (QED) is 0.919. The Hall–Kier alpha value is -1.68. The maximum Gasteiger partial charge on any atom is 0.161 e. The summed E-state index contributed by atoms with van der Waals surface area (Å²) in [5.41, 5.74) is 9.30. The molecule has 2 aromatic rings. The molecule has 0 aliphatic rings. The number of aryl methyl sites for hydroxylation is 2. The summed E-state index contributed by atoms with van der Waals surface area (Å²) in [5.74, 6) is 1.49. The number of hydrogen-bond donors (Lipinski definition) is 1. The van der Waals surface area contributed by atoms with Crippen LogP contribution in [0.15, 0.2) is 18.2 Å². The Labute approximate surface area is 111 Å². The van der Waals surface area contributed by atoms with Gasteiger partial charge in [-0.25, -0.2) is 0 Å². The van der Waals surface area contributed by atoms with E-state index in [-0.39, 0.29) is 0 Å². The van der Waals surface area contributed by atoms with Crippen molar-refractivity contribution < 1.29 is 9.47 Å². The summed E-state index contributed by atoms with van der Waals surface area (Å²) in [4.78, 5) is 1.21. The molecule has 0 aliphatic carbocycles. The lowest BCUT2D eigenvalue weighted by Gasteiger charge is -2.12. The molecule has 2 N–H and O–H groups in total. The van der Waals surface area contributed by atoms with Gasteiger partial charge in [0.05, 0.1) is 19.2 Å². The Morgan fingerprint density at radius 2 is 1.56 bits per heavy atom. The van der Waals surface area contributed by atoms with Crippen LogP contribution >= 0.6 is 11.3 Å². The van der Waals surface area contributed by atoms with E-state index >= 15 is 0 Å². The standard InChI is InChI=1S/C14H17NO2S/c1-8-5-12(16-3)13(17-4)6-10(8)11-7-14(15)18-9(11)2/h5-7H,15H2,1-4H3. The van der Waals surface area contributed by atoms with Crippen LogP contribution in [0, 0.1) is 13.8 Å². The number of anilines is 1. The van der Waals surface area contributed by atoms with Crippen molar-refractivity contribution in [3.63, 3.8) is 0 Å². The van der Waals surface area contributed by atoms with Gasteiger partial charge in [0, 0.05) is 4.88 Å². The van der Waals surface area contributed by atoms with Gasteiger partial charge in [0.2, 0.25) is 0 Å². The molecule has 0 atom stereocenters. The smallest absolute Gasteiger partial charge is 0.161 e. The van der Waals surface area contributed by atoms with Gasteiger partial charge in [0.1, 0.15) is 0 Å². The van der Waals surface area contributed by atoms with E-state index in [1.165, 1.54) is 4.88 Å². The molecular formula is C14H17NO2S. The zero-order chi connectivity index (χ0) is 13.3. The molecular weight excluding hydrogens is 246 g/mol. The van der Waals surface area contributed by atoms with E-state index < -0.39 is 0 Å². The lowest BCUT2D eigenvalue weighted by Crippen LogP contribution is -1.93. The monoisotopic (exact) mass is 263 g/mol. The summed E-state index contributed by atoms with van der Waals surface area (Å²) in [6.07, 6.45) is 0. The molecule has 0 spiro atoms. The number of thiophene rings is 1. The molecule has 1 heterocycles. The van der Waals surface area contributed by atoms with Gasteiger partial charge in [-0.15, -0.1) is 11.3 Å². The fraction of sp³-hybridized carbons (Fsp3) is 0.286. The zero-order valence-electron chi connectivity index (χ0n) is 11.0. The number of nitrogens with two attached hydrogens (primary N) is 1. The van der Waals surface area contributed by atoms with Crippen LogP contribution in [0.1, 0.15) is 10.4 Å². The van der Waals surface area contributed by atoms with Crippen LogP contribution in [0.2, 0.25) is 0 Å². The highest BCUT2D eigenvalue weighted by atomic mass is 32.1. The Kier molecular flexibility index (Phi) is 3.48. The number of hydrogen-bond acceptors (Lipinski definition) is 4. The SMILES string of the molecule is COc1cc(C)c(-c2cc(N)sc2C)cc1OC. The highest BCUT2D eigenvalue weighted by molar-refractivity contribution is 7.16. The van der Waals surface area contributed by atoms with Crippen molar-refractivity contribution in [3.05, 3.63) is 28.6 Å². The Morgan fingerprint density at radius 1 is 0.944 bits per heavy atom. The fourth-order valence-electron chi connectivity index (χ4n) is 2.04. The second-order valence-electron chi connectivity index (χ2n) is 4.14. The van der Waals surface area contributed by atoms with Gasteiger partial charge in [-0.2, -0.15) is 0 Å². The van der Waals surface area contributed by atoms with Crippen molar-refractivity contribution in [1.29, 1.82) is 0 Å². The van der Waals surface area contributed by atoms with Gasteiger partial charge in [0.15, 0.2) is 11.5 Å². The first-order valence-corrected chi connectivity index (χ1v) is 6.47. The van der Waals surface area contributed by atoms with E-state index in [4.69, 9.17) is 15.2 Å². The summed E-state index contributed by atoms with van der Waals surface area (Å²) < 4.78 is 10.6. The lowest BCUT2D eigenvalue weighted by molar-refractivity contribution is 0.355. The van der Waals surface area contributed by atoms with Crippen LogP contribution in [-0.4, -0.2) is 14.2 Å². The second-order valence-corrected chi connectivity index (χ2v) is 5.43. The predicted molar refractivity (Wildman–Crippen MR) is 76.7 cm³/mol. The van der Waals surface area contributed by atoms with Crippen molar-refractivity contribution in [2.75, 3.05) is 20.0 Å². The van der Waals surface area contributed by atoms with E-state index in [1.54, 1.807) is 25.6 Å². The summed E-state index contributed by atoms with van der Waals surface area (Å²) in [6.45, 7) is 4.14. The average Bonchev–Trinajstić information content (AvgIpc) is 2.68. The van der Waals surface area contributed by atoms with Crippen molar-refractivity contribution in [3.8, 4) is 22.6 Å². The first kappa shape index (κ1) is 12.8. The van der Waals surface area contributed by atoms with Crippen molar-refractivity contribution in [2.45, 2.75) is 13.8 Å². The maximum absolute atomic E-state index is 5.86. The van der Waals surface area contributed by atoms with Crippen LogP contribution < -0.4 is 15.2 Å². The van der Waals surface area contributed by atoms with Gasteiger partial charge in [-0.05, 0) is 48.7 Å². The van der Waals surface area contributed by atoms with Crippen molar-refractivity contribution >= 4 is 16.3 Å². The highest BCUT2D eigenvalue weighted by Gasteiger charge is 2.13. The molecule has 4 heteroatoms. The molecule has 96 valence electrons. The Balaban J connectivity index is 2.61. The summed E-state index contributed by atoms with van der Waals surface area (Å²) in [6, 6.07) is 6.00. The topological polar surface area (TPSA) is 44.5 Å². The molecule has 0 saturated heterocycles. The Bertz CT molecular complexity index is 575. The number of benzene rings is 1. The molecule has 1 aromatic carbocycles. The largest absolute Gasteiger partial charge is 0.493 e. The highest BCUT2D eigenvalue weighted by Crippen LogP contribution is 2.39. The number of nitrogen functional groups attached to an aromatic ring is 1. The summed E-state index contributed by atoms with van der Waals surface area (Å²) in [5, 5.41) is 0.830. The van der Waals surface area contributed by atoms with Gasteiger partial charge in [-0.3, -0.25) is 0 Å². The fourth-order valence-corrected chi connectivity index (χ4v) is 2.85. The Morgan fingerprint density at radius 3 is 2.06 bits per heavy atom. The first-order chi connectivity index (χ1) is 8.56. The third-order valence-corrected chi connectivity index (χ3v) is 3.84. The molecule has 0 unspecified atom stereocenters. The number of rotatable bonds is 3. The molecule has 0 bridgehead atoms. The van der Waals surface area contributed by atoms with Crippen molar-refractivity contribution in [2.24, 2.45) is 0 Å². The van der Waals surface area contributed by atoms with Crippen LogP contribution in [0.5, 0.6) is 11.5 Å². The normalized spacial score (nSPS) is 10.4. The molecule has 1 aromatic heterocycles. The number of ether oxygens (including phenoxy) is 2. The third-order valence-electron chi connectivity index (χ3n) is 2.96. The van der Waals surface area contributed by atoms with Crippen LogP contribution in [0.3, 0.4) is 0 Å². The van der Waals surface area contributed by atoms with E-state index in [2.05, 4.69) is 13.8 Å². The minimum Gasteiger partial charge on any atom is -0.493 e. The molecule has 0 aliphatic heterocycles. The van der Waals surface area contributed by atoms with Crippen LogP contribution in [-0.2, 0) is 0 Å². The summed E-state index contributed by atoms with van der Waals surface area (Å²) in [7, 11) is 3.29.